The van der Waals surface area contributed by atoms with Gasteiger partial charge in [0.2, 0.25) is 5.91 Å². The molecule has 0 aliphatic carbocycles. The number of anilines is 1. The Morgan fingerprint density at radius 3 is 2.67 bits per heavy atom. The lowest BCUT2D eigenvalue weighted by Crippen LogP contribution is -2.42. The van der Waals surface area contributed by atoms with E-state index in [1.807, 2.05) is 6.92 Å². The predicted octanol–water partition coefficient (Wildman–Crippen LogP) is 1.42. The Morgan fingerprint density at radius 1 is 1.23 bits per heavy atom. The smallest absolute Gasteiger partial charge is 0.270 e. The van der Waals surface area contributed by atoms with Crippen molar-refractivity contribution in [1.82, 2.24) is 24.8 Å². The fourth-order valence-electron chi connectivity index (χ4n) is 3.23. The molecule has 2 aromatic heterocycles. The number of nitrogens with one attached hydrogen (secondary N) is 1. The van der Waals surface area contributed by atoms with E-state index in [9.17, 15) is 14.4 Å². The Bertz CT molecular complexity index is 984. The lowest BCUT2D eigenvalue weighted by molar-refractivity contribution is -0.127. The van der Waals surface area contributed by atoms with E-state index in [4.69, 9.17) is 0 Å². The largest absolute Gasteiger partial charge is 0.357 e. The second-order valence-corrected chi connectivity index (χ2v) is 7.24. The summed E-state index contributed by atoms with van der Waals surface area (Å²) in [6.45, 7) is 2.34. The Kier molecular flexibility index (Phi) is 6.51. The minimum absolute atomic E-state index is 0.0426. The number of hydrogen-bond donors (Lipinski definition) is 1. The van der Waals surface area contributed by atoms with Crippen molar-refractivity contribution in [3.05, 3.63) is 47.7 Å². The van der Waals surface area contributed by atoms with Crippen LogP contribution in [0.4, 0.5) is 5.82 Å². The molecular weight excluding hydrogens is 384 g/mol. The summed E-state index contributed by atoms with van der Waals surface area (Å²) in [5, 5.41) is 2.74. The number of aryl methyl sites for hydroxylation is 1. The molecule has 0 bridgehead atoms. The highest BCUT2D eigenvalue weighted by Gasteiger charge is 2.28. The molecule has 0 unspecified atom stereocenters. The van der Waals surface area contributed by atoms with Crippen molar-refractivity contribution >= 4 is 23.9 Å². The summed E-state index contributed by atoms with van der Waals surface area (Å²) >= 11 is 0. The summed E-state index contributed by atoms with van der Waals surface area (Å²) < 4.78 is 0. The van der Waals surface area contributed by atoms with Gasteiger partial charge >= 0.3 is 0 Å². The second kappa shape index (κ2) is 9.25. The zero-order valence-electron chi connectivity index (χ0n) is 17.3. The third-order valence-corrected chi connectivity index (χ3v) is 4.66. The van der Waals surface area contributed by atoms with E-state index in [-0.39, 0.29) is 24.1 Å². The molecule has 3 heterocycles. The highest BCUT2D eigenvalue weighted by Crippen LogP contribution is 2.22. The maximum absolute atomic E-state index is 12.6. The summed E-state index contributed by atoms with van der Waals surface area (Å²) in [6, 6.07) is 3.49. The first kappa shape index (κ1) is 21.1. The first-order valence-corrected chi connectivity index (χ1v) is 9.59. The molecule has 0 atom stereocenters. The van der Waals surface area contributed by atoms with Gasteiger partial charge < -0.3 is 15.1 Å². The number of amides is 2. The molecule has 9 nitrogen and oxygen atoms in total. The molecule has 2 amide bonds. The van der Waals surface area contributed by atoms with Gasteiger partial charge in [0.15, 0.2) is 0 Å². The predicted molar refractivity (Wildman–Crippen MR) is 111 cm³/mol. The van der Waals surface area contributed by atoms with Gasteiger partial charge in [-0.25, -0.2) is 9.97 Å². The van der Waals surface area contributed by atoms with Crippen LogP contribution < -0.4 is 5.32 Å². The molecule has 1 N–H and O–H groups in total. The van der Waals surface area contributed by atoms with Gasteiger partial charge in [-0.3, -0.25) is 19.4 Å². The molecule has 9 heteroatoms. The van der Waals surface area contributed by atoms with Crippen LogP contribution in [0.1, 0.15) is 18.5 Å². The standard InChI is InChI=1S/C21H24N6O3/c1-14-9-22-11-17(24-14)15-6-7-18(23-10-15)25-19(29)12-27-8-4-5-16(13-28)20(27)21(30)26(2)3/h6-7,9-11,13H,4-5,8,12H2,1-3H3,(H,23,25,29). The van der Waals surface area contributed by atoms with Crippen molar-refractivity contribution in [2.75, 3.05) is 32.5 Å². The summed E-state index contributed by atoms with van der Waals surface area (Å²) in [6.07, 6.45) is 6.88. The van der Waals surface area contributed by atoms with Gasteiger partial charge in [-0.1, -0.05) is 0 Å². The minimum Gasteiger partial charge on any atom is -0.357 e. The number of pyridine rings is 1. The molecule has 0 saturated carbocycles. The SMILES string of the molecule is Cc1cncc(-c2ccc(NC(=O)CN3CCCC(C=O)=C3C(=O)N(C)C)nc2)n1. The highest BCUT2D eigenvalue weighted by molar-refractivity contribution is 6.00. The maximum Gasteiger partial charge on any atom is 0.270 e. The Balaban J connectivity index is 1.70. The number of carbonyl (C=O) groups excluding carboxylic acids is 3. The van der Waals surface area contributed by atoms with E-state index in [0.29, 0.717) is 42.8 Å². The molecule has 30 heavy (non-hydrogen) atoms. The summed E-state index contributed by atoms with van der Waals surface area (Å²) in [7, 11) is 3.24. The summed E-state index contributed by atoms with van der Waals surface area (Å²) in [5.74, 6) is -0.213. The normalized spacial score (nSPS) is 13.8. The van der Waals surface area contributed by atoms with Crippen molar-refractivity contribution in [2.45, 2.75) is 19.8 Å². The number of aromatic nitrogens is 3. The van der Waals surface area contributed by atoms with E-state index in [1.165, 1.54) is 4.90 Å². The van der Waals surface area contributed by atoms with Crippen molar-refractivity contribution in [3.8, 4) is 11.3 Å². The number of nitrogens with zero attached hydrogens (tertiary/aromatic N) is 5. The number of likely N-dealkylation sites (N-methyl/N-ethyl adjacent to an activating group) is 1. The molecule has 2 aromatic rings. The average Bonchev–Trinajstić information content (AvgIpc) is 2.73. The van der Waals surface area contributed by atoms with Crippen molar-refractivity contribution < 1.29 is 14.4 Å². The highest BCUT2D eigenvalue weighted by atomic mass is 16.2. The van der Waals surface area contributed by atoms with Crippen LogP contribution in [0.25, 0.3) is 11.3 Å². The molecule has 0 saturated heterocycles. The van der Waals surface area contributed by atoms with Crippen LogP contribution in [0.3, 0.4) is 0 Å². The quantitative estimate of drug-likeness (QED) is 0.720. The van der Waals surface area contributed by atoms with Crippen molar-refractivity contribution in [1.29, 1.82) is 0 Å². The molecule has 1 aliphatic rings. The first-order valence-electron chi connectivity index (χ1n) is 9.59. The van der Waals surface area contributed by atoms with Crippen molar-refractivity contribution in [2.24, 2.45) is 0 Å². The third kappa shape index (κ3) is 4.86. The molecule has 0 spiro atoms. The average molecular weight is 408 g/mol. The zero-order valence-corrected chi connectivity index (χ0v) is 17.3. The van der Waals surface area contributed by atoms with E-state index in [2.05, 4.69) is 20.3 Å². The number of aldehydes is 1. The first-order chi connectivity index (χ1) is 14.4. The lowest BCUT2D eigenvalue weighted by atomic mass is 10.0. The van der Waals surface area contributed by atoms with Gasteiger partial charge in [-0.2, -0.15) is 0 Å². The molecule has 156 valence electrons. The fraction of sp³-hybridized carbons (Fsp3) is 0.333. The molecule has 0 fully saturated rings. The van der Waals surface area contributed by atoms with Gasteiger partial charge in [0.25, 0.3) is 5.91 Å². The van der Waals surface area contributed by atoms with Crippen LogP contribution in [0.15, 0.2) is 42.0 Å². The van der Waals surface area contributed by atoms with Crippen LogP contribution in [0.2, 0.25) is 0 Å². The topological polar surface area (TPSA) is 108 Å². The van der Waals surface area contributed by atoms with Gasteiger partial charge in [-0.05, 0) is 31.9 Å². The minimum atomic E-state index is -0.318. The second-order valence-electron chi connectivity index (χ2n) is 7.24. The number of hydrogen-bond acceptors (Lipinski definition) is 7. The van der Waals surface area contributed by atoms with Gasteiger partial charge in [-0.15, -0.1) is 0 Å². The number of carbonyl (C=O) groups is 3. The van der Waals surface area contributed by atoms with Gasteiger partial charge in [0.1, 0.15) is 17.8 Å². The zero-order chi connectivity index (χ0) is 21.7. The Morgan fingerprint density at radius 2 is 2.03 bits per heavy atom. The molecule has 1 aliphatic heterocycles. The summed E-state index contributed by atoms with van der Waals surface area (Å²) in [4.78, 5) is 52.3. The Hall–Kier alpha value is -3.62. The number of allylic oxidation sites excluding steroid dienone is 1. The fourth-order valence-corrected chi connectivity index (χ4v) is 3.23. The van der Waals surface area contributed by atoms with Gasteiger partial charge in [0, 0.05) is 44.2 Å². The maximum atomic E-state index is 12.6. The molecule has 0 radical (unpaired) electrons. The van der Waals surface area contributed by atoms with E-state index < -0.39 is 0 Å². The van der Waals surface area contributed by atoms with E-state index in [1.54, 1.807) is 49.7 Å². The van der Waals surface area contributed by atoms with E-state index >= 15 is 0 Å². The van der Waals surface area contributed by atoms with Crippen LogP contribution >= 0.6 is 0 Å². The third-order valence-electron chi connectivity index (χ3n) is 4.66. The van der Waals surface area contributed by atoms with E-state index in [0.717, 1.165) is 11.3 Å². The van der Waals surface area contributed by atoms with Crippen LogP contribution in [-0.4, -0.2) is 70.0 Å². The summed E-state index contributed by atoms with van der Waals surface area (Å²) in [5.41, 5.74) is 3.01. The van der Waals surface area contributed by atoms with Crippen LogP contribution in [-0.2, 0) is 14.4 Å². The Labute approximate surface area is 174 Å². The van der Waals surface area contributed by atoms with Crippen LogP contribution in [0, 0.1) is 6.92 Å². The lowest BCUT2D eigenvalue weighted by Gasteiger charge is -2.32. The monoisotopic (exact) mass is 408 g/mol. The van der Waals surface area contributed by atoms with Crippen LogP contribution in [0.5, 0.6) is 0 Å². The number of rotatable bonds is 6. The van der Waals surface area contributed by atoms with Gasteiger partial charge in [0.05, 0.1) is 24.1 Å². The molecular formula is C21H24N6O3. The molecule has 3 rings (SSSR count). The van der Waals surface area contributed by atoms with Crippen molar-refractivity contribution in [3.63, 3.8) is 0 Å². The molecule has 0 aromatic carbocycles.